The molecule has 2 fully saturated rings. The van der Waals surface area contributed by atoms with Gasteiger partial charge < -0.3 is 15.4 Å². The molecule has 2 N–H and O–H groups in total. The standard InChI is InChI=1S/C20H25N3O2S/c1-13-9-19(26-23-13)22-20(24)16-4-2-3-15(10-16)17-11-18(17)21-12-14-5-7-25-8-6-14/h2-4,9-10,14,17-18,21H,5-8,11-12H2,1H3,(H,22,24)/t17-,18+/m0/s1. The number of hydrogen-bond donors (Lipinski definition) is 2. The predicted molar refractivity (Wildman–Crippen MR) is 104 cm³/mol. The minimum Gasteiger partial charge on any atom is -0.381 e. The van der Waals surface area contributed by atoms with Gasteiger partial charge in [0.05, 0.1) is 5.69 Å². The second kappa shape index (κ2) is 7.86. The Morgan fingerprint density at radius 2 is 2.15 bits per heavy atom. The molecule has 26 heavy (non-hydrogen) atoms. The molecular formula is C20H25N3O2S. The number of carbonyl (C=O) groups is 1. The van der Waals surface area contributed by atoms with E-state index in [-0.39, 0.29) is 5.91 Å². The summed E-state index contributed by atoms with van der Waals surface area (Å²) < 4.78 is 9.62. The molecule has 0 unspecified atom stereocenters. The molecule has 138 valence electrons. The number of anilines is 1. The zero-order valence-corrected chi connectivity index (χ0v) is 15.8. The van der Waals surface area contributed by atoms with Crippen LogP contribution >= 0.6 is 11.5 Å². The van der Waals surface area contributed by atoms with Crippen molar-refractivity contribution in [2.24, 2.45) is 5.92 Å². The summed E-state index contributed by atoms with van der Waals surface area (Å²) in [5, 5.41) is 7.43. The minimum atomic E-state index is -0.0668. The van der Waals surface area contributed by atoms with E-state index in [1.807, 2.05) is 31.2 Å². The Labute approximate surface area is 158 Å². The van der Waals surface area contributed by atoms with Gasteiger partial charge in [0.15, 0.2) is 0 Å². The molecule has 0 radical (unpaired) electrons. The van der Waals surface area contributed by atoms with E-state index in [0.717, 1.165) is 55.6 Å². The highest BCUT2D eigenvalue weighted by Crippen LogP contribution is 2.41. The molecule has 2 aromatic rings. The number of amides is 1. The Morgan fingerprint density at radius 3 is 2.92 bits per heavy atom. The van der Waals surface area contributed by atoms with Gasteiger partial charge in [-0.15, -0.1) is 0 Å². The lowest BCUT2D eigenvalue weighted by molar-refractivity contribution is 0.0662. The molecular weight excluding hydrogens is 346 g/mol. The summed E-state index contributed by atoms with van der Waals surface area (Å²) in [6.45, 7) is 4.80. The van der Waals surface area contributed by atoms with Crippen LogP contribution in [0.1, 0.15) is 46.8 Å². The molecule has 0 bridgehead atoms. The number of aryl methyl sites for hydroxylation is 1. The van der Waals surface area contributed by atoms with Crippen molar-refractivity contribution >= 4 is 22.4 Å². The van der Waals surface area contributed by atoms with Crippen molar-refractivity contribution in [1.82, 2.24) is 9.69 Å². The number of ether oxygens (including phenoxy) is 1. The topological polar surface area (TPSA) is 63.2 Å². The first-order valence-electron chi connectivity index (χ1n) is 9.35. The first kappa shape index (κ1) is 17.6. The molecule has 1 aliphatic heterocycles. The summed E-state index contributed by atoms with van der Waals surface area (Å²) in [6.07, 6.45) is 3.48. The van der Waals surface area contributed by atoms with Gasteiger partial charge in [-0.2, -0.15) is 4.37 Å². The van der Waals surface area contributed by atoms with Gasteiger partial charge in [-0.3, -0.25) is 4.79 Å². The van der Waals surface area contributed by atoms with Crippen LogP contribution < -0.4 is 10.6 Å². The largest absolute Gasteiger partial charge is 0.381 e. The number of nitrogens with one attached hydrogen (secondary N) is 2. The normalized spacial score (nSPS) is 23.0. The number of aromatic nitrogens is 1. The van der Waals surface area contributed by atoms with Gasteiger partial charge in [0, 0.05) is 30.7 Å². The van der Waals surface area contributed by atoms with Gasteiger partial charge in [-0.25, -0.2) is 0 Å². The zero-order chi connectivity index (χ0) is 17.9. The lowest BCUT2D eigenvalue weighted by Gasteiger charge is -2.22. The average molecular weight is 372 g/mol. The van der Waals surface area contributed by atoms with Gasteiger partial charge in [-0.1, -0.05) is 12.1 Å². The highest BCUT2D eigenvalue weighted by Gasteiger charge is 2.38. The molecule has 1 aromatic heterocycles. The fourth-order valence-electron chi connectivity index (χ4n) is 3.57. The summed E-state index contributed by atoms with van der Waals surface area (Å²) in [4.78, 5) is 12.5. The monoisotopic (exact) mass is 371 g/mol. The van der Waals surface area contributed by atoms with Crippen LogP contribution in [-0.2, 0) is 4.74 Å². The fourth-order valence-corrected chi connectivity index (χ4v) is 4.23. The van der Waals surface area contributed by atoms with E-state index in [0.29, 0.717) is 17.5 Å². The molecule has 6 heteroatoms. The summed E-state index contributed by atoms with van der Waals surface area (Å²) in [5.74, 6) is 1.20. The number of benzene rings is 1. The van der Waals surface area contributed by atoms with E-state index in [9.17, 15) is 4.79 Å². The van der Waals surface area contributed by atoms with Gasteiger partial charge in [0.1, 0.15) is 5.00 Å². The van der Waals surface area contributed by atoms with E-state index in [1.54, 1.807) is 0 Å². The summed E-state index contributed by atoms with van der Waals surface area (Å²) in [6, 6.07) is 10.5. The molecule has 1 saturated heterocycles. The SMILES string of the molecule is Cc1cc(NC(=O)c2cccc([C@@H]3C[C@H]3NCC3CCOCC3)c2)sn1. The molecule has 1 aromatic carbocycles. The van der Waals surface area contributed by atoms with Crippen molar-refractivity contribution in [3.05, 3.63) is 47.2 Å². The van der Waals surface area contributed by atoms with E-state index in [2.05, 4.69) is 21.1 Å². The number of rotatable bonds is 6. The Balaban J connectivity index is 1.32. The van der Waals surface area contributed by atoms with Gasteiger partial charge in [0.25, 0.3) is 5.91 Å². The number of carbonyl (C=O) groups excluding carboxylic acids is 1. The molecule has 2 atom stereocenters. The molecule has 2 aliphatic rings. The number of hydrogen-bond acceptors (Lipinski definition) is 5. The summed E-state index contributed by atoms with van der Waals surface area (Å²) in [5.41, 5.74) is 2.89. The lowest BCUT2D eigenvalue weighted by Crippen LogP contribution is -2.29. The molecule has 0 spiro atoms. The molecule has 4 rings (SSSR count). The molecule has 2 heterocycles. The van der Waals surface area contributed by atoms with Crippen molar-refractivity contribution in [2.45, 2.75) is 38.1 Å². The van der Waals surface area contributed by atoms with E-state index in [4.69, 9.17) is 4.74 Å². The smallest absolute Gasteiger partial charge is 0.256 e. The predicted octanol–water partition coefficient (Wildman–Crippen LogP) is 3.58. The van der Waals surface area contributed by atoms with Crippen LogP contribution in [0, 0.1) is 12.8 Å². The molecule has 1 saturated carbocycles. The van der Waals surface area contributed by atoms with Crippen LogP contribution in [0.5, 0.6) is 0 Å². The van der Waals surface area contributed by atoms with Gasteiger partial charge >= 0.3 is 0 Å². The third-order valence-electron chi connectivity index (χ3n) is 5.24. The lowest BCUT2D eigenvalue weighted by atomic mass is 10.0. The van der Waals surface area contributed by atoms with Crippen LogP contribution in [0.3, 0.4) is 0 Å². The highest BCUT2D eigenvalue weighted by molar-refractivity contribution is 7.10. The molecule has 1 aliphatic carbocycles. The van der Waals surface area contributed by atoms with Crippen molar-refractivity contribution in [3.63, 3.8) is 0 Å². The average Bonchev–Trinajstić information content (AvgIpc) is 3.34. The van der Waals surface area contributed by atoms with E-state index >= 15 is 0 Å². The first-order chi connectivity index (χ1) is 12.7. The van der Waals surface area contributed by atoms with Crippen LogP contribution in [0.2, 0.25) is 0 Å². The summed E-state index contributed by atoms with van der Waals surface area (Å²) in [7, 11) is 0. The quantitative estimate of drug-likeness (QED) is 0.815. The Bertz CT molecular complexity index is 770. The van der Waals surface area contributed by atoms with Crippen molar-refractivity contribution in [2.75, 3.05) is 25.1 Å². The highest BCUT2D eigenvalue weighted by atomic mass is 32.1. The third kappa shape index (κ3) is 4.31. The zero-order valence-electron chi connectivity index (χ0n) is 15.0. The maximum absolute atomic E-state index is 12.5. The third-order valence-corrected chi connectivity index (χ3v) is 6.04. The second-order valence-corrected chi connectivity index (χ2v) is 8.13. The number of nitrogens with zero attached hydrogens (tertiary/aromatic N) is 1. The van der Waals surface area contributed by atoms with Crippen LogP contribution in [0.4, 0.5) is 5.00 Å². The van der Waals surface area contributed by atoms with E-state index in [1.165, 1.54) is 17.1 Å². The second-order valence-electron chi connectivity index (χ2n) is 7.32. The Kier molecular flexibility index (Phi) is 5.33. The van der Waals surface area contributed by atoms with Crippen molar-refractivity contribution < 1.29 is 9.53 Å². The fraction of sp³-hybridized carbons (Fsp3) is 0.500. The Hall–Kier alpha value is -1.76. The van der Waals surface area contributed by atoms with Crippen molar-refractivity contribution in [3.8, 4) is 0 Å². The van der Waals surface area contributed by atoms with Gasteiger partial charge in [0.2, 0.25) is 0 Å². The maximum Gasteiger partial charge on any atom is 0.256 e. The minimum absolute atomic E-state index is 0.0668. The van der Waals surface area contributed by atoms with Gasteiger partial charge in [-0.05, 0) is 73.9 Å². The Morgan fingerprint density at radius 1 is 1.31 bits per heavy atom. The first-order valence-corrected chi connectivity index (χ1v) is 10.1. The van der Waals surface area contributed by atoms with Crippen LogP contribution in [0.25, 0.3) is 0 Å². The molecule has 1 amide bonds. The van der Waals surface area contributed by atoms with Crippen LogP contribution in [0.15, 0.2) is 30.3 Å². The molecule has 5 nitrogen and oxygen atoms in total. The summed E-state index contributed by atoms with van der Waals surface area (Å²) >= 11 is 1.31. The van der Waals surface area contributed by atoms with E-state index < -0.39 is 0 Å². The van der Waals surface area contributed by atoms with Crippen LogP contribution in [-0.4, -0.2) is 36.1 Å². The van der Waals surface area contributed by atoms with Crippen molar-refractivity contribution in [1.29, 1.82) is 0 Å². The maximum atomic E-state index is 12.5.